The SMILES string of the molecule is C[C@H]1c2cc(Br)ccc2CCN1c1cc(N2CCN(C)CC2)nc(N)n1. The van der Waals surface area contributed by atoms with Crippen LogP contribution in [0.15, 0.2) is 28.7 Å². The first-order valence-electron chi connectivity index (χ1n) is 9.14. The molecule has 4 rings (SSSR count). The fourth-order valence-electron chi connectivity index (χ4n) is 3.88. The molecule has 0 saturated carbocycles. The molecule has 1 saturated heterocycles. The molecule has 0 bridgehead atoms. The van der Waals surface area contributed by atoms with Crippen LogP contribution >= 0.6 is 15.9 Å². The van der Waals surface area contributed by atoms with Gasteiger partial charge in [-0.25, -0.2) is 0 Å². The van der Waals surface area contributed by atoms with Gasteiger partial charge in [0.05, 0.1) is 6.04 Å². The largest absolute Gasteiger partial charge is 0.368 e. The molecule has 0 amide bonds. The second kappa shape index (κ2) is 7.04. The van der Waals surface area contributed by atoms with E-state index in [1.165, 1.54) is 11.1 Å². The van der Waals surface area contributed by atoms with E-state index in [0.29, 0.717) is 5.95 Å². The van der Waals surface area contributed by atoms with Gasteiger partial charge in [0.2, 0.25) is 5.95 Å². The fourth-order valence-corrected chi connectivity index (χ4v) is 4.26. The Labute approximate surface area is 163 Å². The molecule has 2 aliphatic heterocycles. The van der Waals surface area contributed by atoms with Gasteiger partial charge >= 0.3 is 0 Å². The number of likely N-dealkylation sites (N-methyl/N-ethyl adjacent to an activating group) is 1. The molecule has 1 atom stereocenters. The maximum atomic E-state index is 6.07. The lowest BCUT2D eigenvalue weighted by Gasteiger charge is -2.37. The first kappa shape index (κ1) is 17.5. The Hall–Kier alpha value is -1.86. The van der Waals surface area contributed by atoms with Crippen molar-refractivity contribution in [2.75, 3.05) is 55.3 Å². The number of hydrogen-bond donors (Lipinski definition) is 1. The van der Waals surface area contributed by atoms with Crippen molar-refractivity contribution >= 4 is 33.5 Å². The summed E-state index contributed by atoms with van der Waals surface area (Å²) in [6.07, 6.45) is 1.01. The number of aromatic nitrogens is 2. The zero-order chi connectivity index (χ0) is 18.3. The summed E-state index contributed by atoms with van der Waals surface area (Å²) in [7, 11) is 2.15. The van der Waals surface area contributed by atoms with E-state index < -0.39 is 0 Å². The lowest BCUT2D eigenvalue weighted by Crippen LogP contribution is -2.45. The first-order valence-corrected chi connectivity index (χ1v) is 9.93. The van der Waals surface area contributed by atoms with Crippen LogP contribution in [0.4, 0.5) is 17.6 Å². The van der Waals surface area contributed by atoms with Gasteiger partial charge < -0.3 is 20.4 Å². The van der Waals surface area contributed by atoms with Crippen LogP contribution in [0.1, 0.15) is 24.1 Å². The molecule has 0 unspecified atom stereocenters. The zero-order valence-electron chi connectivity index (χ0n) is 15.3. The molecule has 0 aliphatic carbocycles. The molecule has 1 fully saturated rings. The van der Waals surface area contributed by atoms with Gasteiger partial charge in [-0.3, -0.25) is 0 Å². The predicted molar refractivity (Wildman–Crippen MR) is 110 cm³/mol. The molecule has 2 aliphatic rings. The van der Waals surface area contributed by atoms with E-state index in [0.717, 1.165) is 55.3 Å². The van der Waals surface area contributed by atoms with Crippen molar-refractivity contribution < 1.29 is 0 Å². The summed E-state index contributed by atoms with van der Waals surface area (Å²) in [5.74, 6) is 2.21. The molecule has 0 radical (unpaired) electrons. The van der Waals surface area contributed by atoms with Crippen LogP contribution in [0.25, 0.3) is 0 Å². The molecule has 1 aromatic carbocycles. The van der Waals surface area contributed by atoms with E-state index in [2.05, 4.69) is 78.8 Å². The summed E-state index contributed by atoms with van der Waals surface area (Å²) < 4.78 is 1.12. The highest BCUT2D eigenvalue weighted by Gasteiger charge is 2.26. The summed E-state index contributed by atoms with van der Waals surface area (Å²) in [4.78, 5) is 16.0. The Bertz CT molecular complexity index is 803. The molecule has 26 heavy (non-hydrogen) atoms. The average Bonchev–Trinajstić information content (AvgIpc) is 2.62. The number of nitrogens with two attached hydrogens (primary N) is 1. The van der Waals surface area contributed by atoms with Crippen LogP contribution < -0.4 is 15.5 Å². The van der Waals surface area contributed by atoms with Crippen LogP contribution in [0.2, 0.25) is 0 Å². The standard InChI is InChI=1S/C19H25BrN6/c1-13-16-11-15(20)4-3-14(16)5-6-26(13)18-12-17(22-19(21)23-18)25-9-7-24(2)8-10-25/h3-4,11-13H,5-10H2,1-2H3,(H2,21,22,23)/t13-/m0/s1. The summed E-state index contributed by atoms with van der Waals surface area (Å²) in [6, 6.07) is 8.91. The number of fused-ring (bicyclic) bond motifs is 1. The summed E-state index contributed by atoms with van der Waals surface area (Å²) in [5.41, 5.74) is 8.84. The molecular formula is C19H25BrN6. The molecule has 1 aromatic heterocycles. The molecule has 3 heterocycles. The monoisotopic (exact) mass is 416 g/mol. The van der Waals surface area contributed by atoms with Crippen molar-refractivity contribution in [2.45, 2.75) is 19.4 Å². The minimum Gasteiger partial charge on any atom is -0.368 e. The number of rotatable bonds is 2. The fraction of sp³-hybridized carbons (Fsp3) is 0.474. The van der Waals surface area contributed by atoms with Crippen LogP contribution in [0, 0.1) is 0 Å². The van der Waals surface area contributed by atoms with Crippen molar-refractivity contribution in [1.29, 1.82) is 0 Å². The average molecular weight is 417 g/mol. The number of nitrogens with zero attached hydrogens (tertiary/aromatic N) is 5. The minimum absolute atomic E-state index is 0.255. The number of hydrogen-bond acceptors (Lipinski definition) is 6. The number of halogens is 1. The molecule has 0 spiro atoms. The maximum Gasteiger partial charge on any atom is 0.223 e. The van der Waals surface area contributed by atoms with Crippen molar-refractivity contribution in [3.63, 3.8) is 0 Å². The van der Waals surface area contributed by atoms with E-state index in [1.54, 1.807) is 0 Å². The molecule has 2 aromatic rings. The number of anilines is 3. The lowest BCUT2D eigenvalue weighted by molar-refractivity contribution is 0.312. The highest BCUT2D eigenvalue weighted by molar-refractivity contribution is 9.10. The Morgan fingerprint density at radius 1 is 1.04 bits per heavy atom. The molecular weight excluding hydrogens is 392 g/mol. The van der Waals surface area contributed by atoms with E-state index in [4.69, 9.17) is 5.73 Å². The molecule has 6 nitrogen and oxygen atoms in total. The van der Waals surface area contributed by atoms with Crippen molar-refractivity contribution in [2.24, 2.45) is 0 Å². The highest BCUT2D eigenvalue weighted by Crippen LogP contribution is 2.35. The lowest BCUT2D eigenvalue weighted by atomic mass is 9.93. The second-order valence-electron chi connectivity index (χ2n) is 7.20. The number of benzene rings is 1. The molecule has 7 heteroatoms. The normalized spacial score (nSPS) is 21.0. The van der Waals surface area contributed by atoms with Crippen LogP contribution in [-0.2, 0) is 6.42 Å². The second-order valence-corrected chi connectivity index (χ2v) is 8.11. The van der Waals surface area contributed by atoms with Crippen LogP contribution in [0.3, 0.4) is 0 Å². The molecule has 138 valence electrons. The summed E-state index contributed by atoms with van der Waals surface area (Å²) >= 11 is 3.60. The summed E-state index contributed by atoms with van der Waals surface area (Å²) in [6.45, 7) is 7.20. The Morgan fingerprint density at radius 3 is 2.54 bits per heavy atom. The third-order valence-electron chi connectivity index (χ3n) is 5.49. The van der Waals surface area contributed by atoms with E-state index in [9.17, 15) is 0 Å². The Kier molecular flexibility index (Phi) is 4.75. The van der Waals surface area contributed by atoms with Crippen LogP contribution in [0.5, 0.6) is 0 Å². The third-order valence-corrected chi connectivity index (χ3v) is 5.98. The third kappa shape index (κ3) is 3.38. The van der Waals surface area contributed by atoms with Gasteiger partial charge in [0, 0.05) is 43.3 Å². The minimum atomic E-state index is 0.255. The van der Waals surface area contributed by atoms with Gasteiger partial charge in [-0.05, 0) is 43.7 Å². The van der Waals surface area contributed by atoms with E-state index in [-0.39, 0.29) is 6.04 Å². The maximum absolute atomic E-state index is 6.07. The Morgan fingerprint density at radius 2 is 1.77 bits per heavy atom. The Balaban J connectivity index is 1.63. The van der Waals surface area contributed by atoms with Crippen molar-refractivity contribution in [3.05, 3.63) is 39.9 Å². The van der Waals surface area contributed by atoms with Gasteiger partial charge in [0.15, 0.2) is 0 Å². The van der Waals surface area contributed by atoms with Gasteiger partial charge in [-0.2, -0.15) is 9.97 Å². The summed E-state index contributed by atoms with van der Waals surface area (Å²) in [5, 5.41) is 0. The number of nitrogen functional groups attached to an aromatic ring is 1. The predicted octanol–water partition coefficient (Wildman–Crippen LogP) is 2.70. The highest BCUT2D eigenvalue weighted by atomic mass is 79.9. The quantitative estimate of drug-likeness (QED) is 0.811. The zero-order valence-corrected chi connectivity index (χ0v) is 16.9. The van der Waals surface area contributed by atoms with Gasteiger partial charge in [0.25, 0.3) is 0 Å². The van der Waals surface area contributed by atoms with Crippen molar-refractivity contribution in [1.82, 2.24) is 14.9 Å². The van der Waals surface area contributed by atoms with E-state index in [1.807, 2.05) is 0 Å². The van der Waals surface area contributed by atoms with Gasteiger partial charge in [-0.15, -0.1) is 0 Å². The van der Waals surface area contributed by atoms with E-state index >= 15 is 0 Å². The first-order chi connectivity index (χ1) is 12.5. The van der Waals surface area contributed by atoms with Crippen LogP contribution in [-0.4, -0.2) is 54.6 Å². The van der Waals surface area contributed by atoms with Crippen molar-refractivity contribution in [3.8, 4) is 0 Å². The topological polar surface area (TPSA) is 61.5 Å². The van der Waals surface area contributed by atoms with Gasteiger partial charge in [-0.1, -0.05) is 22.0 Å². The molecule has 2 N–H and O–H groups in total. The number of piperazine rings is 1. The smallest absolute Gasteiger partial charge is 0.223 e. The van der Waals surface area contributed by atoms with Gasteiger partial charge in [0.1, 0.15) is 11.6 Å².